The predicted octanol–water partition coefficient (Wildman–Crippen LogP) is 1.62. The van der Waals surface area contributed by atoms with Gasteiger partial charge in [0.15, 0.2) is 5.78 Å². The molecule has 21 heavy (non-hydrogen) atoms. The summed E-state index contributed by atoms with van der Waals surface area (Å²) in [4.78, 5) is 35.4. The molecule has 6 nitrogen and oxygen atoms in total. The number of carboxylic acids is 1. The number of nitrogens with zero attached hydrogens (tertiary/aromatic N) is 1. The highest BCUT2D eigenvalue weighted by Crippen LogP contribution is 2.11. The Morgan fingerprint density at radius 2 is 1.81 bits per heavy atom. The number of Topliss-reactive ketones (excluding diaryl/α,β-unsaturated/α-hetero) is 1. The first-order chi connectivity index (χ1) is 9.92. The maximum absolute atomic E-state index is 12.0. The molecular weight excluding hydrogens is 272 g/mol. The Hall–Kier alpha value is -2.21. The van der Waals surface area contributed by atoms with Gasteiger partial charge in [-0.2, -0.15) is 0 Å². The molecule has 1 rings (SSSR count). The maximum atomic E-state index is 12.0. The van der Waals surface area contributed by atoms with E-state index in [1.807, 2.05) is 0 Å². The molecular formula is C15H20N2O4. The van der Waals surface area contributed by atoms with Gasteiger partial charge in [0.05, 0.1) is 13.0 Å². The molecule has 1 amide bonds. The number of rotatable bonds is 8. The Labute approximate surface area is 123 Å². The lowest BCUT2D eigenvalue weighted by Crippen LogP contribution is -2.28. The van der Waals surface area contributed by atoms with Crippen LogP contribution in [0.5, 0.6) is 0 Å². The Kier molecular flexibility index (Phi) is 6.55. The highest BCUT2D eigenvalue weighted by Gasteiger charge is 2.10. The van der Waals surface area contributed by atoms with Crippen LogP contribution in [0.3, 0.4) is 0 Å². The Morgan fingerprint density at radius 3 is 2.33 bits per heavy atom. The minimum absolute atomic E-state index is 0.00572. The molecule has 0 spiro atoms. The number of amides is 1. The van der Waals surface area contributed by atoms with Crippen LogP contribution in [0.2, 0.25) is 0 Å². The van der Waals surface area contributed by atoms with Crippen molar-refractivity contribution >= 4 is 23.3 Å². The minimum Gasteiger partial charge on any atom is -0.481 e. The van der Waals surface area contributed by atoms with Gasteiger partial charge < -0.3 is 10.4 Å². The third kappa shape index (κ3) is 6.18. The quantitative estimate of drug-likeness (QED) is 0.711. The fourth-order valence-electron chi connectivity index (χ4n) is 1.69. The highest BCUT2D eigenvalue weighted by molar-refractivity contribution is 5.98. The number of carbonyl (C=O) groups excluding carboxylic acids is 2. The smallest absolute Gasteiger partial charge is 0.304 e. The number of ketones is 1. The highest BCUT2D eigenvalue weighted by atomic mass is 16.4. The standard InChI is InChI=1S/C15H20N2O4/c1-3-14(19)16-12-6-4-11(5-7-12)13(18)10-17(2)9-8-15(20)21/h4-7H,3,8-10H2,1-2H3,(H,16,19)(H,20,21). The summed E-state index contributed by atoms with van der Waals surface area (Å²) in [5, 5.41) is 11.3. The molecule has 0 atom stereocenters. The van der Waals surface area contributed by atoms with Gasteiger partial charge in [-0.25, -0.2) is 0 Å². The van der Waals surface area contributed by atoms with Gasteiger partial charge in [-0.3, -0.25) is 19.3 Å². The van der Waals surface area contributed by atoms with Gasteiger partial charge in [0.2, 0.25) is 5.91 Å². The van der Waals surface area contributed by atoms with Crippen LogP contribution in [0.4, 0.5) is 5.69 Å². The van der Waals surface area contributed by atoms with Crippen molar-refractivity contribution in [3.8, 4) is 0 Å². The lowest BCUT2D eigenvalue weighted by molar-refractivity contribution is -0.137. The number of hydrogen-bond acceptors (Lipinski definition) is 4. The van der Waals surface area contributed by atoms with Gasteiger partial charge in [-0.15, -0.1) is 0 Å². The number of nitrogens with one attached hydrogen (secondary N) is 1. The molecule has 0 aliphatic heterocycles. The second-order valence-electron chi connectivity index (χ2n) is 4.78. The van der Waals surface area contributed by atoms with Crippen molar-refractivity contribution in [1.29, 1.82) is 0 Å². The van der Waals surface area contributed by atoms with Crippen molar-refractivity contribution in [2.45, 2.75) is 19.8 Å². The second-order valence-corrected chi connectivity index (χ2v) is 4.78. The van der Waals surface area contributed by atoms with Gasteiger partial charge in [0.25, 0.3) is 0 Å². The minimum atomic E-state index is -0.884. The van der Waals surface area contributed by atoms with Gasteiger partial charge in [-0.05, 0) is 31.3 Å². The van der Waals surface area contributed by atoms with Crippen LogP contribution < -0.4 is 5.32 Å². The predicted molar refractivity (Wildman–Crippen MR) is 79.4 cm³/mol. The van der Waals surface area contributed by atoms with Crippen molar-refractivity contribution in [3.05, 3.63) is 29.8 Å². The van der Waals surface area contributed by atoms with E-state index in [-0.39, 0.29) is 24.7 Å². The fourth-order valence-corrected chi connectivity index (χ4v) is 1.69. The van der Waals surface area contributed by atoms with Crippen LogP contribution in [0.1, 0.15) is 30.1 Å². The van der Waals surface area contributed by atoms with Crippen LogP contribution >= 0.6 is 0 Å². The third-order valence-electron chi connectivity index (χ3n) is 2.93. The molecule has 0 aromatic heterocycles. The van der Waals surface area contributed by atoms with Crippen molar-refractivity contribution in [2.75, 3.05) is 25.5 Å². The summed E-state index contributed by atoms with van der Waals surface area (Å²) in [6, 6.07) is 6.66. The Morgan fingerprint density at radius 1 is 1.19 bits per heavy atom. The summed E-state index contributed by atoms with van der Waals surface area (Å²) in [6.07, 6.45) is 0.404. The fraction of sp³-hybridized carbons (Fsp3) is 0.400. The number of benzene rings is 1. The molecule has 0 bridgehead atoms. The van der Waals surface area contributed by atoms with Crippen molar-refractivity contribution < 1.29 is 19.5 Å². The van der Waals surface area contributed by atoms with Crippen LogP contribution in [0.15, 0.2) is 24.3 Å². The SMILES string of the molecule is CCC(=O)Nc1ccc(C(=O)CN(C)CCC(=O)O)cc1. The van der Waals surface area contributed by atoms with Crippen molar-refractivity contribution in [3.63, 3.8) is 0 Å². The molecule has 0 heterocycles. The largest absolute Gasteiger partial charge is 0.481 e. The number of hydrogen-bond donors (Lipinski definition) is 2. The Balaban J connectivity index is 2.54. The van der Waals surface area contributed by atoms with E-state index < -0.39 is 5.97 Å². The first kappa shape index (κ1) is 16.8. The summed E-state index contributed by atoms with van der Waals surface area (Å²) in [5.74, 6) is -1.05. The topological polar surface area (TPSA) is 86.7 Å². The molecule has 0 aliphatic rings. The van der Waals surface area contributed by atoms with Gasteiger partial charge in [0, 0.05) is 24.2 Å². The number of carboxylic acid groups (broad SMARTS) is 1. The Bertz CT molecular complexity index is 511. The number of aliphatic carboxylic acids is 1. The average Bonchev–Trinajstić information content (AvgIpc) is 2.45. The van der Waals surface area contributed by atoms with Crippen molar-refractivity contribution in [2.24, 2.45) is 0 Å². The number of likely N-dealkylation sites (N-methyl/N-ethyl adjacent to an activating group) is 1. The van der Waals surface area contributed by atoms with Gasteiger partial charge in [-0.1, -0.05) is 6.92 Å². The number of anilines is 1. The summed E-state index contributed by atoms with van der Waals surface area (Å²) in [5.41, 5.74) is 1.18. The van der Waals surface area contributed by atoms with E-state index in [1.165, 1.54) is 0 Å². The van der Waals surface area contributed by atoms with E-state index in [0.717, 1.165) is 0 Å². The zero-order valence-electron chi connectivity index (χ0n) is 12.3. The molecule has 6 heteroatoms. The van der Waals surface area contributed by atoms with Crippen LogP contribution in [0, 0.1) is 0 Å². The van der Waals surface area contributed by atoms with Crippen LogP contribution in [-0.4, -0.2) is 47.8 Å². The van der Waals surface area contributed by atoms with E-state index in [4.69, 9.17) is 5.11 Å². The van der Waals surface area contributed by atoms with Crippen molar-refractivity contribution in [1.82, 2.24) is 4.90 Å². The van der Waals surface area contributed by atoms with E-state index in [9.17, 15) is 14.4 Å². The van der Waals surface area contributed by atoms with E-state index in [1.54, 1.807) is 43.1 Å². The maximum Gasteiger partial charge on any atom is 0.304 e. The van der Waals surface area contributed by atoms with Crippen LogP contribution in [-0.2, 0) is 9.59 Å². The zero-order chi connectivity index (χ0) is 15.8. The molecule has 2 N–H and O–H groups in total. The normalized spacial score (nSPS) is 10.4. The molecule has 114 valence electrons. The molecule has 0 fully saturated rings. The average molecular weight is 292 g/mol. The molecule has 0 saturated heterocycles. The summed E-state index contributed by atoms with van der Waals surface area (Å²) in [6.45, 7) is 2.25. The summed E-state index contributed by atoms with van der Waals surface area (Å²) in [7, 11) is 1.71. The van der Waals surface area contributed by atoms with E-state index in [2.05, 4.69) is 5.32 Å². The molecule has 0 radical (unpaired) electrons. The first-order valence-electron chi connectivity index (χ1n) is 6.75. The first-order valence-corrected chi connectivity index (χ1v) is 6.75. The molecule has 0 saturated carbocycles. The van der Waals surface area contributed by atoms with E-state index in [0.29, 0.717) is 24.2 Å². The lowest BCUT2D eigenvalue weighted by atomic mass is 10.1. The molecule has 0 aliphatic carbocycles. The molecule has 1 aromatic rings. The third-order valence-corrected chi connectivity index (χ3v) is 2.93. The monoisotopic (exact) mass is 292 g/mol. The summed E-state index contributed by atoms with van der Waals surface area (Å²) < 4.78 is 0. The lowest BCUT2D eigenvalue weighted by Gasteiger charge is -2.14. The molecule has 0 unspecified atom stereocenters. The summed E-state index contributed by atoms with van der Waals surface area (Å²) >= 11 is 0. The van der Waals surface area contributed by atoms with Crippen LogP contribution in [0.25, 0.3) is 0 Å². The zero-order valence-corrected chi connectivity index (χ0v) is 12.3. The van der Waals surface area contributed by atoms with Gasteiger partial charge in [0.1, 0.15) is 0 Å². The second kappa shape index (κ2) is 8.16. The van der Waals surface area contributed by atoms with E-state index >= 15 is 0 Å². The van der Waals surface area contributed by atoms with Gasteiger partial charge >= 0.3 is 5.97 Å². The molecule has 1 aromatic carbocycles. The number of carbonyl (C=O) groups is 3.